The van der Waals surface area contributed by atoms with E-state index in [0.29, 0.717) is 19.3 Å². The van der Waals surface area contributed by atoms with Crippen molar-refractivity contribution in [3.8, 4) is 0 Å². The van der Waals surface area contributed by atoms with Gasteiger partial charge in [0.2, 0.25) is 5.91 Å². The maximum Gasteiger partial charge on any atom is 0.306 e. The van der Waals surface area contributed by atoms with E-state index in [1.54, 1.807) is 6.08 Å². The first-order chi connectivity index (χ1) is 37.7. The summed E-state index contributed by atoms with van der Waals surface area (Å²) in [6, 6.07) is -1.05. The van der Waals surface area contributed by atoms with E-state index in [9.17, 15) is 35.1 Å². The van der Waals surface area contributed by atoms with Crippen LogP contribution in [0.4, 0.5) is 0 Å². The van der Waals surface area contributed by atoms with E-state index in [2.05, 4.69) is 111 Å². The van der Waals surface area contributed by atoms with Crippen LogP contribution in [0.25, 0.3) is 0 Å². The maximum absolute atomic E-state index is 13.4. The lowest BCUT2D eigenvalue weighted by atomic mass is 9.99. The Bertz CT molecular complexity index is 1660. The summed E-state index contributed by atoms with van der Waals surface area (Å²) in [5.74, 6) is -1.28. The molecule has 0 spiro atoms. The molecule has 6 N–H and O–H groups in total. The minimum atomic E-state index is -1.65. The number of amides is 1. The lowest BCUT2D eigenvalue weighted by Crippen LogP contribution is -2.61. The van der Waals surface area contributed by atoms with Gasteiger partial charge in [-0.05, 0) is 103 Å². The van der Waals surface area contributed by atoms with Crippen molar-refractivity contribution in [1.82, 2.24) is 5.32 Å². The van der Waals surface area contributed by atoms with Crippen molar-refractivity contribution >= 4 is 11.9 Å². The van der Waals surface area contributed by atoms with E-state index >= 15 is 0 Å². The smallest absolute Gasteiger partial charge is 0.306 e. The molecule has 0 saturated carbocycles. The van der Waals surface area contributed by atoms with Crippen molar-refractivity contribution in [2.45, 2.75) is 282 Å². The molecule has 0 radical (unpaired) electrons. The lowest BCUT2D eigenvalue weighted by molar-refractivity contribution is -0.305. The van der Waals surface area contributed by atoms with Crippen LogP contribution < -0.4 is 5.32 Å². The number of aliphatic hydroxyl groups excluding tert-OH is 5. The molecule has 77 heavy (non-hydrogen) atoms. The van der Waals surface area contributed by atoms with Crippen LogP contribution in [0.2, 0.25) is 0 Å². The molecule has 1 saturated heterocycles. The molecule has 0 aromatic rings. The molecule has 1 aliphatic heterocycles. The number of aliphatic hydroxyl groups is 5. The first kappa shape index (κ1) is 71.3. The van der Waals surface area contributed by atoms with Crippen molar-refractivity contribution < 1.29 is 49.3 Å². The summed E-state index contributed by atoms with van der Waals surface area (Å²) in [6.07, 6.45) is 61.2. The van der Waals surface area contributed by atoms with E-state index < -0.39 is 67.4 Å². The summed E-state index contributed by atoms with van der Waals surface area (Å²) in [7, 11) is 0. The Balaban J connectivity index is 2.76. The van der Waals surface area contributed by atoms with Gasteiger partial charge in [0.05, 0.1) is 25.4 Å². The van der Waals surface area contributed by atoms with Crippen molar-refractivity contribution in [3.05, 3.63) is 109 Å². The van der Waals surface area contributed by atoms with E-state index in [1.807, 2.05) is 18.2 Å². The van der Waals surface area contributed by atoms with Gasteiger partial charge in [0, 0.05) is 6.42 Å². The molecular formula is C66H111NO10. The zero-order valence-corrected chi connectivity index (χ0v) is 48.5. The number of carbonyl (C=O) groups is 2. The number of rotatable bonds is 50. The number of esters is 1. The van der Waals surface area contributed by atoms with Crippen LogP contribution in [0.3, 0.4) is 0 Å². The van der Waals surface area contributed by atoms with Crippen LogP contribution in [-0.4, -0.2) is 99.6 Å². The molecule has 1 rings (SSSR count). The molecule has 8 unspecified atom stereocenters. The van der Waals surface area contributed by atoms with Crippen molar-refractivity contribution in [2.75, 3.05) is 13.2 Å². The Morgan fingerprint density at radius 3 is 1.43 bits per heavy atom. The average molecular weight is 1080 g/mol. The summed E-state index contributed by atoms with van der Waals surface area (Å²) in [5.41, 5.74) is 0. The van der Waals surface area contributed by atoms with Gasteiger partial charge in [0.15, 0.2) is 12.4 Å². The van der Waals surface area contributed by atoms with Gasteiger partial charge in [0.1, 0.15) is 24.4 Å². The zero-order chi connectivity index (χ0) is 56.1. The third kappa shape index (κ3) is 41.1. The Labute approximate surface area is 468 Å². The number of unbranched alkanes of at least 4 members (excludes halogenated alkanes) is 20. The van der Waals surface area contributed by atoms with Gasteiger partial charge in [-0.25, -0.2) is 0 Å². The molecule has 1 heterocycles. The minimum Gasteiger partial charge on any atom is -0.454 e. The summed E-state index contributed by atoms with van der Waals surface area (Å²) >= 11 is 0. The highest BCUT2D eigenvalue weighted by atomic mass is 16.7. The van der Waals surface area contributed by atoms with Crippen LogP contribution >= 0.6 is 0 Å². The molecule has 11 heteroatoms. The second kappa shape index (κ2) is 53.0. The molecular weight excluding hydrogens is 967 g/mol. The van der Waals surface area contributed by atoms with Crippen LogP contribution in [-0.2, 0) is 23.8 Å². The minimum absolute atomic E-state index is 0.0379. The summed E-state index contributed by atoms with van der Waals surface area (Å²) in [5, 5.41) is 56.9. The van der Waals surface area contributed by atoms with Crippen LogP contribution in [0, 0.1) is 0 Å². The Morgan fingerprint density at radius 2 is 0.935 bits per heavy atom. The Kier molecular flexibility index (Phi) is 49.1. The molecule has 0 bridgehead atoms. The molecule has 0 aliphatic carbocycles. The highest BCUT2D eigenvalue weighted by Gasteiger charge is 2.47. The predicted molar refractivity (Wildman–Crippen MR) is 319 cm³/mol. The second-order valence-electron chi connectivity index (χ2n) is 20.7. The summed E-state index contributed by atoms with van der Waals surface area (Å²) < 4.78 is 17.5. The fraction of sp³-hybridized carbons (Fsp3) is 0.697. The number of allylic oxidation sites excluding steroid dienone is 17. The fourth-order valence-electron chi connectivity index (χ4n) is 8.81. The SMILES string of the molecule is CC/C=C\C/C=C\C/C=C\C/C=C\C/C=C\CCCC(=O)OC1C(OCC(NC(=O)C(O)CCCCCCC/C=C\C/C=C\C/C=C\CCCCC)C(O)/C=C/CCCCCCCCCCCCC)OC(CO)C(O)C1O. The number of nitrogens with one attached hydrogen (secondary N) is 1. The Morgan fingerprint density at radius 1 is 0.519 bits per heavy atom. The normalized spacial score (nSPS) is 19.8. The van der Waals surface area contributed by atoms with Gasteiger partial charge in [-0.1, -0.05) is 233 Å². The molecule has 1 fully saturated rings. The third-order valence-corrected chi connectivity index (χ3v) is 13.7. The van der Waals surface area contributed by atoms with Gasteiger partial charge < -0.3 is 45.1 Å². The first-order valence-corrected chi connectivity index (χ1v) is 30.7. The van der Waals surface area contributed by atoms with E-state index in [4.69, 9.17) is 14.2 Å². The van der Waals surface area contributed by atoms with Gasteiger partial charge in [-0.3, -0.25) is 9.59 Å². The number of hydrogen-bond donors (Lipinski definition) is 6. The predicted octanol–water partition coefficient (Wildman–Crippen LogP) is 14.5. The van der Waals surface area contributed by atoms with E-state index in [1.165, 1.54) is 77.0 Å². The number of ether oxygens (including phenoxy) is 3. The molecule has 1 amide bonds. The van der Waals surface area contributed by atoms with E-state index in [-0.39, 0.29) is 19.4 Å². The van der Waals surface area contributed by atoms with Crippen molar-refractivity contribution in [3.63, 3.8) is 0 Å². The maximum atomic E-state index is 13.4. The summed E-state index contributed by atoms with van der Waals surface area (Å²) in [6.45, 7) is 5.60. The molecule has 0 aromatic carbocycles. The highest BCUT2D eigenvalue weighted by molar-refractivity contribution is 5.80. The molecule has 440 valence electrons. The third-order valence-electron chi connectivity index (χ3n) is 13.7. The topological polar surface area (TPSA) is 175 Å². The largest absolute Gasteiger partial charge is 0.454 e. The summed E-state index contributed by atoms with van der Waals surface area (Å²) in [4.78, 5) is 26.5. The quantitative estimate of drug-likeness (QED) is 0.0195. The van der Waals surface area contributed by atoms with Gasteiger partial charge >= 0.3 is 5.97 Å². The van der Waals surface area contributed by atoms with Crippen molar-refractivity contribution in [2.24, 2.45) is 0 Å². The standard InChI is InChI=1S/C66H111NO10/c1-4-7-10-13-16-19-22-25-27-29-31-32-35-38-41-44-47-50-53-59(70)65(74)67-57(58(69)52-49-46-43-40-37-34-24-21-18-15-12-9-6-3)56-75-66-64(63(73)62(72)60(55-68)76-66)77-61(71)54-51-48-45-42-39-36-33-30-28-26-23-20-17-14-11-8-5-2/h8,11,16-17,19-20,25-28,31-33,36,42,45,49,52,57-60,62-64,66,68-70,72-73H,4-7,9-10,12-15,18,21-24,29-30,34-35,37-41,43-44,46-48,50-51,53-56H2,1-3H3,(H,67,74)/b11-8-,19-16-,20-17-,27-25-,28-26-,32-31-,36-33-,45-42-,52-49+. The van der Waals surface area contributed by atoms with E-state index in [0.717, 1.165) is 103 Å². The molecule has 8 atom stereocenters. The number of hydrogen-bond acceptors (Lipinski definition) is 10. The molecule has 1 aliphatic rings. The first-order valence-electron chi connectivity index (χ1n) is 30.7. The average Bonchev–Trinajstić information content (AvgIpc) is 3.43. The Hall–Kier alpha value is -3.68. The highest BCUT2D eigenvalue weighted by Crippen LogP contribution is 2.26. The van der Waals surface area contributed by atoms with Crippen LogP contribution in [0.1, 0.15) is 233 Å². The van der Waals surface area contributed by atoms with Crippen LogP contribution in [0.5, 0.6) is 0 Å². The molecule has 11 nitrogen and oxygen atoms in total. The lowest BCUT2D eigenvalue weighted by Gasteiger charge is -2.41. The monoisotopic (exact) mass is 1080 g/mol. The fourth-order valence-corrected chi connectivity index (χ4v) is 8.81. The van der Waals surface area contributed by atoms with Crippen LogP contribution in [0.15, 0.2) is 109 Å². The van der Waals surface area contributed by atoms with Crippen molar-refractivity contribution in [1.29, 1.82) is 0 Å². The second-order valence-corrected chi connectivity index (χ2v) is 20.7. The molecule has 0 aromatic heterocycles. The number of carbonyl (C=O) groups excluding carboxylic acids is 2. The van der Waals surface area contributed by atoms with Gasteiger partial charge in [-0.2, -0.15) is 0 Å². The zero-order valence-electron chi connectivity index (χ0n) is 48.5. The van der Waals surface area contributed by atoms with Gasteiger partial charge in [-0.15, -0.1) is 0 Å². The van der Waals surface area contributed by atoms with Gasteiger partial charge in [0.25, 0.3) is 0 Å².